The van der Waals surface area contributed by atoms with Crippen molar-refractivity contribution in [3.63, 3.8) is 0 Å². The Balaban J connectivity index is 2.95. The van der Waals surface area contributed by atoms with Crippen molar-refractivity contribution in [1.29, 1.82) is 5.26 Å². The maximum absolute atomic E-state index is 12.3. The van der Waals surface area contributed by atoms with E-state index in [-0.39, 0.29) is 13.2 Å². The van der Waals surface area contributed by atoms with Gasteiger partial charge in [-0.1, -0.05) is 31.2 Å². The van der Waals surface area contributed by atoms with Crippen LogP contribution in [0.15, 0.2) is 41.7 Å². The lowest BCUT2D eigenvalue weighted by atomic mass is 10.1. The molecule has 0 spiro atoms. The molecule has 0 bridgehead atoms. The summed E-state index contributed by atoms with van der Waals surface area (Å²) < 4.78 is 22.6. The Labute approximate surface area is 132 Å². The number of nitrogens with zero attached hydrogens (tertiary/aromatic N) is 1. The zero-order valence-electron chi connectivity index (χ0n) is 13.3. The number of rotatable bonds is 8. The molecule has 1 aromatic rings. The number of allylic oxidation sites excluding steroid dienone is 2. The van der Waals surface area contributed by atoms with E-state index < -0.39 is 7.60 Å². The monoisotopic (exact) mass is 319 g/mol. The van der Waals surface area contributed by atoms with Gasteiger partial charge in [0.05, 0.1) is 24.9 Å². The molecule has 0 N–H and O–H groups in total. The molecule has 1 rings (SSSR count). The molecular weight excluding hydrogens is 297 g/mol. The largest absolute Gasteiger partial charge is 0.354 e. The van der Waals surface area contributed by atoms with E-state index in [1.165, 1.54) is 17.5 Å². The van der Waals surface area contributed by atoms with E-state index >= 15 is 0 Å². The zero-order chi connectivity index (χ0) is 16.4. The third-order valence-corrected chi connectivity index (χ3v) is 4.64. The summed E-state index contributed by atoms with van der Waals surface area (Å²) in [5.74, 6) is 1.34. The van der Waals surface area contributed by atoms with E-state index in [0.717, 1.165) is 12.0 Å². The van der Waals surface area contributed by atoms with Gasteiger partial charge < -0.3 is 9.05 Å². The highest BCUT2D eigenvalue weighted by atomic mass is 31.2. The van der Waals surface area contributed by atoms with Crippen molar-refractivity contribution in [3.05, 3.63) is 52.9 Å². The molecule has 0 aliphatic heterocycles. The summed E-state index contributed by atoms with van der Waals surface area (Å²) >= 11 is 0. The summed E-state index contributed by atoms with van der Waals surface area (Å²) in [5.41, 5.74) is 2.55. The van der Waals surface area contributed by atoms with Crippen LogP contribution in [0.25, 0.3) is 6.08 Å². The molecule has 22 heavy (non-hydrogen) atoms. The molecule has 4 nitrogen and oxygen atoms in total. The fraction of sp³-hybridized carbons (Fsp3) is 0.353. The van der Waals surface area contributed by atoms with Gasteiger partial charge >= 0.3 is 7.60 Å². The Hall–Kier alpha value is -1.66. The van der Waals surface area contributed by atoms with E-state index in [1.54, 1.807) is 19.9 Å². The minimum atomic E-state index is -3.28. The van der Waals surface area contributed by atoms with Crippen LogP contribution in [0.5, 0.6) is 0 Å². The first-order chi connectivity index (χ1) is 10.6. The summed E-state index contributed by atoms with van der Waals surface area (Å²) in [6, 6.07) is 10.0. The molecule has 1 aromatic carbocycles. The molecule has 0 amide bonds. The Morgan fingerprint density at radius 3 is 2.23 bits per heavy atom. The Morgan fingerprint density at radius 2 is 1.77 bits per heavy atom. The molecular formula is C17H22NO3P. The second-order valence-corrected chi connectivity index (χ2v) is 6.39. The van der Waals surface area contributed by atoms with Crippen LogP contribution in [0.4, 0.5) is 0 Å². The molecule has 118 valence electrons. The molecule has 0 aliphatic rings. The van der Waals surface area contributed by atoms with Crippen LogP contribution < -0.4 is 0 Å². The van der Waals surface area contributed by atoms with E-state index in [2.05, 4.69) is 13.0 Å². The van der Waals surface area contributed by atoms with Gasteiger partial charge in [0.1, 0.15) is 0 Å². The van der Waals surface area contributed by atoms with Gasteiger partial charge in [0.2, 0.25) is 0 Å². The fourth-order valence-electron chi connectivity index (χ4n) is 1.80. The van der Waals surface area contributed by atoms with Crippen LogP contribution in [0.3, 0.4) is 0 Å². The molecule has 0 aliphatic carbocycles. The van der Waals surface area contributed by atoms with E-state index in [1.807, 2.05) is 24.3 Å². The van der Waals surface area contributed by atoms with E-state index in [4.69, 9.17) is 9.05 Å². The normalized spacial score (nSPS) is 12.5. The lowest BCUT2D eigenvalue weighted by Crippen LogP contribution is -1.92. The van der Waals surface area contributed by atoms with Crippen molar-refractivity contribution in [2.24, 2.45) is 0 Å². The van der Waals surface area contributed by atoms with E-state index in [0.29, 0.717) is 5.57 Å². The SMILES string of the molecule is CCOP(=O)(/C=C/C(C#N)=C/c1ccc(CC)cc1)OCC. The van der Waals surface area contributed by atoms with Crippen LogP contribution in [-0.4, -0.2) is 13.2 Å². The lowest BCUT2D eigenvalue weighted by Gasteiger charge is -2.12. The van der Waals surface area contributed by atoms with Crippen LogP contribution in [0.1, 0.15) is 31.9 Å². The van der Waals surface area contributed by atoms with Crippen molar-refractivity contribution < 1.29 is 13.6 Å². The highest BCUT2D eigenvalue weighted by Crippen LogP contribution is 2.49. The molecule has 5 heteroatoms. The quantitative estimate of drug-likeness (QED) is 0.387. The van der Waals surface area contributed by atoms with Crippen molar-refractivity contribution in [3.8, 4) is 6.07 Å². The highest BCUT2D eigenvalue weighted by Gasteiger charge is 2.18. The van der Waals surface area contributed by atoms with Crippen molar-refractivity contribution in [2.45, 2.75) is 27.2 Å². The Kier molecular flexibility index (Phi) is 7.84. The lowest BCUT2D eigenvalue weighted by molar-refractivity contribution is 0.229. The fourth-order valence-corrected chi connectivity index (χ4v) is 3.11. The molecule has 0 saturated carbocycles. The third kappa shape index (κ3) is 5.99. The zero-order valence-corrected chi connectivity index (χ0v) is 14.2. The first kappa shape index (κ1) is 18.4. The highest BCUT2D eigenvalue weighted by molar-refractivity contribution is 7.57. The van der Waals surface area contributed by atoms with Crippen molar-refractivity contribution >= 4 is 13.7 Å². The molecule has 0 radical (unpaired) electrons. The Bertz CT molecular complexity index is 602. The maximum Gasteiger partial charge on any atom is 0.354 e. The number of aryl methyl sites for hydroxylation is 1. The number of nitriles is 1. The van der Waals surface area contributed by atoms with Crippen LogP contribution in [0.2, 0.25) is 0 Å². The predicted molar refractivity (Wildman–Crippen MR) is 89.4 cm³/mol. The average Bonchev–Trinajstić information content (AvgIpc) is 2.52. The van der Waals surface area contributed by atoms with Crippen LogP contribution >= 0.6 is 7.60 Å². The number of hydrogen-bond donors (Lipinski definition) is 0. The van der Waals surface area contributed by atoms with Gasteiger partial charge in [0.25, 0.3) is 0 Å². The van der Waals surface area contributed by atoms with Gasteiger partial charge in [-0.2, -0.15) is 5.26 Å². The van der Waals surface area contributed by atoms with Gasteiger partial charge in [-0.15, -0.1) is 0 Å². The van der Waals surface area contributed by atoms with Crippen molar-refractivity contribution in [2.75, 3.05) is 13.2 Å². The topological polar surface area (TPSA) is 59.3 Å². The predicted octanol–water partition coefficient (Wildman–Crippen LogP) is 4.94. The summed E-state index contributed by atoms with van der Waals surface area (Å²) in [4.78, 5) is 0. The number of benzene rings is 1. The summed E-state index contributed by atoms with van der Waals surface area (Å²) in [6.07, 6.45) is 4.19. The number of hydrogen-bond acceptors (Lipinski definition) is 4. The van der Waals surface area contributed by atoms with Crippen molar-refractivity contribution in [1.82, 2.24) is 0 Å². The van der Waals surface area contributed by atoms with Crippen LogP contribution in [-0.2, 0) is 20.0 Å². The molecule has 0 fully saturated rings. The molecule has 0 atom stereocenters. The molecule has 0 saturated heterocycles. The maximum atomic E-state index is 12.3. The second kappa shape index (κ2) is 9.38. The smallest absolute Gasteiger partial charge is 0.306 e. The standard InChI is InChI=1S/C17H22NO3P/c1-4-15-7-9-16(10-8-15)13-17(14-18)11-12-22(19,20-5-2)21-6-3/h7-13H,4-6H2,1-3H3/b12-11+,17-13-. The van der Waals surface area contributed by atoms with Gasteiger partial charge in [0, 0.05) is 5.82 Å². The third-order valence-electron chi connectivity index (χ3n) is 2.89. The average molecular weight is 319 g/mol. The summed E-state index contributed by atoms with van der Waals surface area (Å²) in [5, 5.41) is 9.20. The molecule has 0 heterocycles. The summed E-state index contributed by atoms with van der Waals surface area (Å²) in [6.45, 7) is 6.15. The summed E-state index contributed by atoms with van der Waals surface area (Å²) in [7, 11) is -3.28. The minimum absolute atomic E-state index is 0.283. The Morgan fingerprint density at radius 1 is 1.18 bits per heavy atom. The van der Waals surface area contributed by atoms with Gasteiger partial charge in [-0.05, 0) is 43.5 Å². The van der Waals surface area contributed by atoms with Gasteiger partial charge in [-0.3, -0.25) is 4.57 Å². The second-order valence-electron chi connectivity index (χ2n) is 4.50. The minimum Gasteiger partial charge on any atom is -0.306 e. The van der Waals surface area contributed by atoms with Gasteiger partial charge in [-0.25, -0.2) is 0 Å². The van der Waals surface area contributed by atoms with Gasteiger partial charge in [0.15, 0.2) is 0 Å². The molecule has 0 aromatic heterocycles. The van der Waals surface area contributed by atoms with E-state index in [9.17, 15) is 9.83 Å². The first-order valence-corrected chi connectivity index (χ1v) is 8.96. The molecule has 0 unspecified atom stereocenters. The first-order valence-electron chi connectivity index (χ1n) is 7.35. The van der Waals surface area contributed by atoms with Crippen LogP contribution in [0, 0.1) is 11.3 Å².